The van der Waals surface area contributed by atoms with Gasteiger partial charge in [-0.15, -0.1) is 0 Å². The molecule has 0 saturated carbocycles. The summed E-state index contributed by atoms with van der Waals surface area (Å²) in [6.07, 6.45) is 4.84. The predicted octanol–water partition coefficient (Wildman–Crippen LogP) is 1.49. The minimum absolute atomic E-state index is 0.0560. The van der Waals surface area contributed by atoms with E-state index in [0.717, 1.165) is 25.1 Å². The molecule has 1 aliphatic rings. The number of nitrogens with one attached hydrogen (secondary N) is 1. The van der Waals surface area contributed by atoms with E-state index >= 15 is 0 Å². The number of nitrogens with zero attached hydrogens (tertiary/aromatic N) is 3. The van der Waals surface area contributed by atoms with Crippen molar-refractivity contribution in [3.63, 3.8) is 0 Å². The molecule has 3 rings (SSSR count). The number of aromatic nitrogens is 1. The first-order chi connectivity index (χ1) is 12.6. The van der Waals surface area contributed by atoms with Gasteiger partial charge in [0.2, 0.25) is 0 Å². The lowest BCUT2D eigenvalue weighted by Crippen LogP contribution is -2.38. The van der Waals surface area contributed by atoms with Crippen molar-refractivity contribution in [2.45, 2.75) is 26.4 Å². The van der Waals surface area contributed by atoms with Crippen molar-refractivity contribution in [2.75, 3.05) is 18.0 Å². The fourth-order valence-corrected chi connectivity index (χ4v) is 3.08. The Morgan fingerprint density at radius 2 is 2.23 bits per heavy atom. The maximum Gasteiger partial charge on any atom is 0.259 e. The van der Waals surface area contributed by atoms with E-state index in [4.69, 9.17) is 0 Å². The Bertz CT molecular complexity index is 836. The lowest BCUT2D eigenvalue weighted by molar-refractivity contribution is -0.119. The number of pyridine rings is 1. The second-order valence-electron chi connectivity index (χ2n) is 6.24. The van der Waals surface area contributed by atoms with Gasteiger partial charge in [0.1, 0.15) is 5.75 Å². The maximum absolute atomic E-state index is 12.2. The summed E-state index contributed by atoms with van der Waals surface area (Å²) in [7, 11) is 0. The number of anilines is 1. The third-order valence-electron chi connectivity index (χ3n) is 4.45. The molecule has 7 heteroatoms. The Hall–Kier alpha value is -2.93. The molecule has 0 unspecified atom stereocenters. The molecular weight excluding hydrogens is 332 g/mol. The van der Waals surface area contributed by atoms with Crippen molar-refractivity contribution >= 4 is 17.8 Å². The summed E-state index contributed by atoms with van der Waals surface area (Å²) in [5, 5.41) is 23.3. The Morgan fingerprint density at radius 3 is 3.04 bits per heavy atom. The third kappa shape index (κ3) is 3.83. The van der Waals surface area contributed by atoms with Crippen LogP contribution in [-0.2, 0) is 17.8 Å². The highest BCUT2D eigenvalue weighted by Crippen LogP contribution is 2.26. The number of carbonyl (C=O) groups is 1. The zero-order valence-corrected chi connectivity index (χ0v) is 14.6. The van der Waals surface area contributed by atoms with Crippen LogP contribution in [0.1, 0.15) is 28.8 Å². The first-order valence-electron chi connectivity index (χ1n) is 8.53. The van der Waals surface area contributed by atoms with E-state index in [1.165, 1.54) is 18.0 Å². The topological polar surface area (TPSA) is 98.1 Å². The number of para-hydroxylation sites is 1. The van der Waals surface area contributed by atoms with E-state index in [9.17, 15) is 15.0 Å². The van der Waals surface area contributed by atoms with E-state index in [1.54, 1.807) is 6.92 Å². The molecule has 1 aliphatic heterocycles. The Morgan fingerprint density at radius 1 is 1.42 bits per heavy atom. The van der Waals surface area contributed by atoms with Crippen molar-refractivity contribution in [3.05, 3.63) is 52.8 Å². The van der Waals surface area contributed by atoms with Gasteiger partial charge in [0, 0.05) is 29.6 Å². The molecule has 136 valence electrons. The number of aromatic hydroxyl groups is 1. The van der Waals surface area contributed by atoms with Gasteiger partial charge in [0.15, 0.2) is 0 Å². The standard InChI is InChI=1S/C19H22N4O3/c1-13-19(26)16(15(12-24)9-20-13)10-21-22-18(25)11-23-8-4-6-14-5-2-3-7-17(14)23/h2-3,5,7,9-10,24,26H,4,6,8,11-12H2,1H3,(H,22,25)/b21-10+. The second kappa shape index (κ2) is 7.97. The molecule has 0 radical (unpaired) electrons. The number of amides is 1. The quantitative estimate of drug-likeness (QED) is 0.558. The van der Waals surface area contributed by atoms with Crippen LogP contribution in [-0.4, -0.2) is 40.4 Å². The Labute approximate surface area is 152 Å². The number of benzene rings is 1. The molecule has 1 aromatic carbocycles. The molecule has 2 heterocycles. The summed E-state index contributed by atoms with van der Waals surface area (Å²) < 4.78 is 0. The summed E-state index contributed by atoms with van der Waals surface area (Å²) in [4.78, 5) is 18.3. The van der Waals surface area contributed by atoms with E-state index < -0.39 is 0 Å². The van der Waals surface area contributed by atoms with Gasteiger partial charge < -0.3 is 15.1 Å². The molecular formula is C19H22N4O3. The molecule has 0 atom stereocenters. The van der Waals surface area contributed by atoms with Crippen LogP contribution in [0, 0.1) is 6.92 Å². The highest BCUT2D eigenvalue weighted by atomic mass is 16.3. The van der Waals surface area contributed by atoms with Crippen LogP contribution in [0.25, 0.3) is 0 Å². The Balaban J connectivity index is 1.66. The number of aliphatic hydroxyl groups is 1. The summed E-state index contributed by atoms with van der Waals surface area (Å²) >= 11 is 0. The minimum atomic E-state index is -0.277. The summed E-state index contributed by atoms with van der Waals surface area (Å²) in [6.45, 7) is 2.41. The minimum Gasteiger partial charge on any atom is -0.505 e. The van der Waals surface area contributed by atoms with Crippen molar-refractivity contribution in [2.24, 2.45) is 5.10 Å². The lowest BCUT2D eigenvalue weighted by Gasteiger charge is -2.30. The summed E-state index contributed by atoms with van der Waals surface area (Å²) in [5.41, 5.74) is 6.04. The van der Waals surface area contributed by atoms with Gasteiger partial charge in [-0.05, 0) is 31.4 Å². The summed E-state index contributed by atoms with van der Waals surface area (Å²) in [6, 6.07) is 8.09. The fourth-order valence-electron chi connectivity index (χ4n) is 3.08. The zero-order valence-electron chi connectivity index (χ0n) is 14.6. The van der Waals surface area contributed by atoms with Crippen LogP contribution in [0.3, 0.4) is 0 Å². The second-order valence-corrected chi connectivity index (χ2v) is 6.24. The van der Waals surface area contributed by atoms with Gasteiger partial charge in [0.05, 0.1) is 25.1 Å². The molecule has 7 nitrogen and oxygen atoms in total. The number of aryl methyl sites for hydroxylation is 2. The molecule has 26 heavy (non-hydrogen) atoms. The van der Waals surface area contributed by atoms with Crippen LogP contribution >= 0.6 is 0 Å². The Kier molecular flexibility index (Phi) is 5.48. The first kappa shape index (κ1) is 17.9. The highest BCUT2D eigenvalue weighted by molar-refractivity contribution is 5.88. The van der Waals surface area contributed by atoms with Gasteiger partial charge in [0.25, 0.3) is 5.91 Å². The van der Waals surface area contributed by atoms with Gasteiger partial charge in [-0.25, -0.2) is 5.43 Å². The van der Waals surface area contributed by atoms with E-state index in [1.807, 2.05) is 23.1 Å². The van der Waals surface area contributed by atoms with Crippen molar-refractivity contribution in [1.29, 1.82) is 0 Å². The number of fused-ring (bicyclic) bond motifs is 1. The van der Waals surface area contributed by atoms with Crippen LogP contribution in [0.4, 0.5) is 5.69 Å². The number of aliphatic hydroxyl groups excluding tert-OH is 1. The van der Waals surface area contributed by atoms with E-state index in [2.05, 4.69) is 21.6 Å². The van der Waals surface area contributed by atoms with Crippen molar-refractivity contribution in [3.8, 4) is 5.75 Å². The average Bonchev–Trinajstić information content (AvgIpc) is 2.65. The van der Waals surface area contributed by atoms with Gasteiger partial charge in [-0.2, -0.15) is 5.10 Å². The molecule has 0 bridgehead atoms. The van der Waals surface area contributed by atoms with Gasteiger partial charge in [-0.3, -0.25) is 9.78 Å². The largest absolute Gasteiger partial charge is 0.505 e. The normalized spacial score (nSPS) is 13.7. The maximum atomic E-state index is 12.2. The number of hydrogen-bond acceptors (Lipinski definition) is 6. The number of carbonyl (C=O) groups excluding carboxylic acids is 1. The monoisotopic (exact) mass is 354 g/mol. The number of hydrogen-bond donors (Lipinski definition) is 3. The molecule has 0 aliphatic carbocycles. The van der Waals surface area contributed by atoms with Crippen LogP contribution < -0.4 is 10.3 Å². The SMILES string of the molecule is Cc1ncc(CO)c(/C=N/NC(=O)CN2CCCc3ccccc32)c1O. The van der Waals surface area contributed by atoms with Crippen LogP contribution in [0.5, 0.6) is 5.75 Å². The first-order valence-corrected chi connectivity index (χ1v) is 8.53. The predicted molar refractivity (Wildman–Crippen MR) is 99.3 cm³/mol. The molecule has 1 aromatic heterocycles. The molecule has 2 aromatic rings. The average molecular weight is 354 g/mol. The molecule has 1 amide bonds. The van der Waals surface area contributed by atoms with E-state index in [-0.39, 0.29) is 24.8 Å². The van der Waals surface area contributed by atoms with Crippen molar-refractivity contribution in [1.82, 2.24) is 10.4 Å². The molecule has 3 N–H and O–H groups in total. The molecule has 0 spiro atoms. The van der Waals surface area contributed by atoms with Crippen molar-refractivity contribution < 1.29 is 15.0 Å². The van der Waals surface area contributed by atoms with Crippen LogP contribution in [0.2, 0.25) is 0 Å². The molecule has 0 saturated heterocycles. The smallest absolute Gasteiger partial charge is 0.259 e. The number of hydrazone groups is 1. The zero-order chi connectivity index (χ0) is 18.5. The molecule has 0 fully saturated rings. The van der Waals surface area contributed by atoms with E-state index in [0.29, 0.717) is 16.8 Å². The van der Waals surface area contributed by atoms with Gasteiger partial charge >= 0.3 is 0 Å². The van der Waals surface area contributed by atoms with Crippen LogP contribution in [0.15, 0.2) is 35.6 Å². The third-order valence-corrected chi connectivity index (χ3v) is 4.45. The van der Waals surface area contributed by atoms with Gasteiger partial charge in [-0.1, -0.05) is 18.2 Å². The highest BCUT2D eigenvalue weighted by Gasteiger charge is 2.18. The lowest BCUT2D eigenvalue weighted by atomic mass is 10.0. The summed E-state index contributed by atoms with van der Waals surface area (Å²) in [5.74, 6) is -0.298. The number of rotatable bonds is 5. The fraction of sp³-hybridized carbons (Fsp3) is 0.316.